The van der Waals surface area contributed by atoms with Gasteiger partial charge in [0.2, 0.25) is 0 Å². The average molecular weight is 118 g/mol. The molecule has 9 heavy (non-hydrogen) atoms. The summed E-state index contributed by atoms with van der Waals surface area (Å²) in [6.45, 7) is 2.23. The van der Waals surface area contributed by atoms with E-state index in [0.29, 0.717) is 0 Å². The zero-order valence-corrected chi connectivity index (χ0v) is 5.65. The first kappa shape index (κ1) is 5.04. The van der Waals surface area contributed by atoms with Crippen molar-refractivity contribution >= 4 is 0 Å². The molecule has 0 aromatic rings. The summed E-state index contributed by atoms with van der Waals surface area (Å²) in [7, 11) is 0. The standard InChI is InChI=1S/C9H10/c1-7-5-6-8-3-2-4-9(7)8/h2-4H,5-6H2,1H3. The fourth-order valence-electron chi connectivity index (χ4n) is 1.55. The number of allylic oxidation sites excluding steroid dienone is 6. The highest BCUT2D eigenvalue weighted by molar-refractivity contribution is 5.54. The van der Waals surface area contributed by atoms with Gasteiger partial charge in [-0.2, -0.15) is 0 Å². The first-order chi connectivity index (χ1) is 4.38. The Morgan fingerprint density at radius 2 is 2.22 bits per heavy atom. The van der Waals surface area contributed by atoms with Gasteiger partial charge in [-0.3, -0.25) is 0 Å². The summed E-state index contributed by atoms with van der Waals surface area (Å²) in [5.41, 5.74) is 4.62. The Labute approximate surface area is 55.6 Å². The van der Waals surface area contributed by atoms with Gasteiger partial charge in [0.05, 0.1) is 0 Å². The van der Waals surface area contributed by atoms with E-state index in [1.165, 1.54) is 18.4 Å². The van der Waals surface area contributed by atoms with Gasteiger partial charge in [-0.05, 0) is 30.9 Å². The van der Waals surface area contributed by atoms with Gasteiger partial charge in [-0.15, -0.1) is 0 Å². The smallest absolute Gasteiger partial charge is 0.0235 e. The van der Waals surface area contributed by atoms with Crippen molar-refractivity contribution in [3.8, 4) is 0 Å². The Bertz CT molecular complexity index is 226. The maximum atomic E-state index is 2.23. The molecule has 0 saturated carbocycles. The SMILES string of the molecule is CC1=C2C=CC=C2CC1. The molecule has 0 aromatic heterocycles. The van der Waals surface area contributed by atoms with Gasteiger partial charge < -0.3 is 0 Å². The van der Waals surface area contributed by atoms with E-state index >= 15 is 0 Å². The van der Waals surface area contributed by atoms with Crippen LogP contribution in [0.5, 0.6) is 0 Å². The van der Waals surface area contributed by atoms with Crippen LogP contribution in [0.1, 0.15) is 19.8 Å². The lowest BCUT2D eigenvalue weighted by molar-refractivity contribution is 1.01. The van der Waals surface area contributed by atoms with Crippen LogP contribution in [0, 0.1) is 0 Å². The monoisotopic (exact) mass is 118 g/mol. The normalized spacial score (nSPS) is 23.0. The number of rotatable bonds is 0. The average Bonchev–Trinajstić information content (AvgIpc) is 2.35. The minimum absolute atomic E-state index is 1.27. The highest BCUT2D eigenvalue weighted by Gasteiger charge is 2.15. The molecular formula is C9H10. The van der Waals surface area contributed by atoms with Gasteiger partial charge in [0.15, 0.2) is 0 Å². The number of hydrogen-bond acceptors (Lipinski definition) is 0. The van der Waals surface area contributed by atoms with E-state index in [2.05, 4.69) is 25.2 Å². The van der Waals surface area contributed by atoms with Crippen molar-refractivity contribution in [2.24, 2.45) is 0 Å². The molecule has 46 valence electrons. The number of fused-ring (bicyclic) bond motifs is 1. The van der Waals surface area contributed by atoms with Crippen molar-refractivity contribution in [2.75, 3.05) is 0 Å². The molecule has 0 N–H and O–H groups in total. The second kappa shape index (κ2) is 1.60. The molecule has 0 radical (unpaired) electrons. The zero-order chi connectivity index (χ0) is 6.27. The predicted molar refractivity (Wildman–Crippen MR) is 39.2 cm³/mol. The fraction of sp³-hybridized carbons (Fsp3) is 0.333. The van der Waals surface area contributed by atoms with E-state index in [4.69, 9.17) is 0 Å². The van der Waals surface area contributed by atoms with Crippen LogP contribution >= 0.6 is 0 Å². The molecule has 0 saturated heterocycles. The van der Waals surface area contributed by atoms with Crippen molar-refractivity contribution in [1.82, 2.24) is 0 Å². The summed E-state index contributed by atoms with van der Waals surface area (Å²) in [6.07, 6.45) is 9.15. The van der Waals surface area contributed by atoms with Gasteiger partial charge in [-0.1, -0.05) is 23.8 Å². The van der Waals surface area contributed by atoms with Crippen LogP contribution in [0.4, 0.5) is 0 Å². The molecule has 0 unspecified atom stereocenters. The summed E-state index contributed by atoms with van der Waals surface area (Å²) >= 11 is 0. The molecule has 2 rings (SSSR count). The molecule has 2 aliphatic carbocycles. The molecule has 0 amide bonds. The fourth-order valence-corrected chi connectivity index (χ4v) is 1.55. The van der Waals surface area contributed by atoms with Crippen molar-refractivity contribution in [3.05, 3.63) is 34.9 Å². The van der Waals surface area contributed by atoms with Crippen molar-refractivity contribution in [3.63, 3.8) is 0 Å². The van der Waals surface area contributed by atoms with Gasteiger partial charge in [0, 0.05) is 0 Å². The third-order valence-corrected chi connectivity index (χ3v) is 2.14. The summed E-state index contributed by atoms with van der Waals surface area (Å²) in [4.78, 5) is 0. The minimum atomic E-state index is 1.27. The second-order valence-electron chi connectivity index (χ2n) is 2.75. The molecule has 0 nitrogen and oxygen atoms in total. The maximum absolute atomic E-state index is 2.23. The van der Waals surface area contributed by atoms with Gasteiger partial charge >= 0.3 is 0 Å². The van der Waals surface area contributed by atoms with Crippen molar-refractivity contribution < 1.29 is 0 Å². The molecule has 0 aliphatic heterocycles. The van der Waals surface area contributed by atoms with E-state index < -0.39 is 0 Å². The zero-order valence-electron chi connectivity index (χ0n) is 5.65. The van der Waals surface area contributed by atoms with Gasteiger partial charge in [-0.25, -0.2) is 0 Å². The molecule has 0 spiro atoms. The Hall–Kier alpha value is -0.780. The van der Waals surface area contributed by atoms with Crippen molar-refractivity contribution in [2.45, 2.75) is 19.8 Å². The van der Waals surface area contributed by atoms with Crippen LogP contribution in [-0.2, 0) is 0 Å². The van der Waals surface area contributed by atoms with E-state index in [-0.39, 0.29) is 0 Å². The Morgan fingerprint density at radius 1 is 1.33 bits per heavy atom. The molecular weight excluding hydrogens is 108 g/mol. The van der Waals surface area contributed by atoms with Crippen molar-refractivity contribution in [1.29, 1.82) is 0 Å². The molecule has 0 aromatic carbocycles. The molecule has 0 heterocycles. The highest BCUT2D eigenvalue weighted by atomic mass is 14.2. The predicted octanol–water partition coefficient (Wildman–Crippen LogP) is 2.59. The third-order valence-electron chi connectivity index (χ3n) is 2.14. The van der Waals surface area contributed by atoms with E-state index in [1.807, 2.05) is 0 Å². The first-order valence-corrected chi connectivity index (χ1v) is 3.45. The maximum Gasteiger partial charge on any atom is -0.0235 e. The van der Waals surface area contributed by atoms with E-state index in [1.54, 1.807) is 11.1 Å². The lowest BCUT2D eigenvalue weighted by atomic mass is 10.1. The minimum Gasteiger partial charge on any atom is -0.0655 e. The Balaban J connectivity index is 2.52. The molecule has 0 heteroatoms. The summed E-state index contributed by atoms with van der Waals surface area (Å²) in [6, 6.07) is 0. The van der Waals surface area contributed by atoms with Crippen LogP contribution < -0.4 is 0 Å². The molecule has 2 aliphatic rings. The topological polar surface area (TPSA) is 0 Å². The molecule has 0 bridgehead atoms. The Morgan fingerprint density at radius 3 is 3.00 bits per heavy atom. The quantitative estimate of drug-likeness (QED) is 0.458. The van der Waals surface area contributed by atoms with Crippen LogP contribution in [0.25, 0.3) is 0 Å². The lowest BCUT2D eigenvalue weighted by Crippen LogP contribution is -1.71. The number of hydrogen-bond donors (Lipinski definition) is 0. The first-order valence-electron chi connectivity index (χ1n) is 3.45. The van der Waals surface area contributed by atoms with Crippen LogP contribution in [0.15, 0.2) is 34.9 Å². The molecule has 0 fully saturated rings. The summed E-state index contributed by atoms with van der Waals surface area (Å²) < 4.78 is 0. The third kappa shape index (κ3) is 0.593. The van der Waals surface area contributed by atoms with E-state index in [0.717, 1.165) is 0 Å². The van der Waals surface area contributed by atoms with Gasteiger partial charge in [0.1, 0.15) is 0 Å². The van der Waals surface area contributed by atoms with Crippen LogP contribution in [-0.4, -0.2) is 0 Å². The largest absolute Gasteiger partial charge is 0.0655 e. The molecule has 0 atom stereocenters. The van der Waals surface area contributed by atoms with Crippen LogP contribution in [0.2, 0.25) is 0 Å². The Kier molecular flexibility index (Phi) is 0.895. The lowest BCUT2D eigenvalue weighted by Gasteiger charge is -1.90. The second-order valence-corrected chi connectivity index (χ2v) is 2.75. The van der Waals surface area contributed by atoms with E-state index in [9.17, 15) is 0 Å². The van der Waals surface area contributed by atoms with Crippen LogP contribution in [0.3, 0.4) is 0 Å². The summed E-state index contributed by atoms with van der Waals surface area (Å²) in [5, 5.41) is 0. The highest BCUT2D eigenvalue weighted by Crippen LogP contribution is 2.34. The summed E-state index contributed by atoms with van der Waals surface area (Å²) in [5.74, 6) is 0. The van der Waals surface area contributed by atoms with Gasteiger partial charge in [0.25, 0.3) is 0 Å².